The highest BCUT2D eigenvalue weighted by atomic mass is 35.5. The zero-order valence-electron chi connectivity index (χ0n) is 17.9. The topological polar surface area (TPSA) is 65.3 Å². The van der Waals surface area contributed by atoms with Gasteiger partial charge in [-0.05, 0) is 36.1 Å². The van der Waals surface area contributed by atoms with Gasteiger partial charge in [0.2, 0.25) is 0 Å². The average molecular weight is 477 g/mol. The first-order valence-electron chi connectivity index (χ1n) is 10.8. The van der Waals surface area contributed by atoms with Crippen molar-refractivity contribution in [2.45, 2.75) is 38.3 Å². The summed E-state index contributed by atoms with van der Waals surface area (Å²) in [6.07, 6.45) is -0.144. The smallest absolute Gasteiger partial charge is 0.249 e. The van der Waals surface area contributed by atoms with Crippen LogP contribution in [0.5, 0.6) is 0 Å². The summed E-state index contributed by atoms with van der Waals surface area (Å²) >= 11 is 6.06. The molecule has 2 heterocycles. The van der Waals surface area contributed by atoms with E-state index in [2.05, 4.69) is 4.40 Å². The fraction of sp³-hybridized carbons (Fsp3) is 0.391. The third-order valence-corrected chi connectivity index (χ3v) is 7.51. The van der Waals surface area contributed by atoms with Gasteiger partial charge < -0.3 is 0 Å². The summed E-state index contributed by atoms with van der Waals surface area (Å²) in [5, 5.41) is 7.11. The van der Waals surface area contributed by atoms with Crippen molar-refractivity contribution >= 4 is 33.4 Å². The summed E-state index contributed by atoms with van der Waals surface area (Å²) in [6, 6.07) is 17.5. The highest BCUT2D eigenvalue weighted by molar-refractivity contribution is 7.87. The molecule has 1 unspecified atom stereocenters. The number of hydrogen-bond donors (Lipinski definition) is 0. The molecule has 0 N–H and O–H groups in total. The predicted octanol–water partition coefficient (Wildman–Crippen LogP) is 4.63. The van der Waals surface area contributed by atoms with Crippen LogP contribution in [0.15, 0.2) is 64.1 Å². The Labute approximate surface area is 193 Å². The summed E-state index contributed by atoms with van der Waals surface area (Å²) in [5.41, 5.74) is 2.85. The highest BCUT2D eigenvalue weighted by Gasteiger charge is 2.33. The molecule has 1 saturated heterocycles. The Kier molecular flexibility index (Phi) is 6.93. The number of alkyl halides is 1. The zero-order valence-corrected chi connectivity index (χ0v) is 19.4. The number of nitrogens with zero attached hydrogens (tertiary/aromatic N) is 4. The van der Waals surface area contributed by atoms with E-state index in [0.29, 0.717) is 23.8 Å². The lowest BCUT2D eigenvalue weighted by Crippen LogP contribution is -2.39. The fourth-order valence-electron chi connectivity index (χ4n) is 4.03. The van der Waals surface area contributed by atoms with Gasteiger partial charge in [0.05, 0.1) is 12.3 Å². The van der Waals surface area contributed by atoms with Gasteiger partial charge in [0, 0.05) is 30.5 Å². The van der Waals surface area contributed by atoms with Crippen molar-refractivity contribution in [1.29, 1.82) is 0 Å². The summed E-state index contributed by atoms with van der Waals surface area (Å²) in [6.45, 7) is 2.64. The minimum atomic E-state index is -3.90. The van der Waals surface area contributed by atoms with Gasteiger partial charge in [-0.2, -0.15) is 17.8 Å². The molecule has 0 saturated carbocycles. The molecule has 1 atom stereocenters. The molecule has 0 aliphatic carbocycles. The second-order valence-electron chi connectivity index (χ2n) is 7.95. The van der Waals surface area contributed by atoms with Gasteiger partial charge in [0.15, 0.2) is 0 Å². The number of benzene rings is 2. The highest BCUT2D eigenvalue weighted by Crippen LogP contribution is 2.30. The molecule has 170 valence electrons. The average Bonchev–Trinajstić information content (AvgIpc) is 3.24. The van der Waals surface area contributed by atoms with Crippen LogP contribution >= 0.6 is 11.6 Å². The Morgan fingerprint density at radius 3 is 2.41 bits per heavy atom. The van der Waals surface area contributed by atoms with Crippen LogP contribution in [0.2, 0.25) is 5.02 Å². The molecule has 9 heteroatoms. The van der Waals surface area contributed by atoms with Crippen molar-refractivity contribution in [3.8, 4) is 0 Å². The molecule has 2 aliphatic rings. The third kappa shape index (κ3) is 5.03. The molecular weight excluding hydrogens is 451 g/mol. The number of halogens is 2. The zero-order chi connectivity index (χ0) is 22.7. The van der Waals surface area contributed by atoms with E-state index in [1.54, 1.807) is 5.01 Å². The van der Waals surface area contributed by atoms with Gasteiger partial charge in [-0.25, -0.2) is 9.40 Å². The Hall–Kier alpha value is -2.29. The normalized spacial score (nSPS) is 21.1. The van der Waals surface area contributed by atoms with Crippen LogP contribution in [0.3, 0.4) is 0 Å². The van der Waals surface area contributed by atoms with Crippen molar-refractivity contribution in [1.82, 2.24) is 9.31 Å². The Morgan fingerprint density at radius 2 is 1.78 bits per heavy atom. The fourth-order valence-corrected chi connectivity index (χ4v) is 5.43. The SMILES string of the molecule is CC/C(=N/S(=O)(=O)N1CCC(F)CC1)N1CC(c2ccccc2)C(c2ccc(Cl)cc2)=N1. The number of rotatable bonds is 5. The van der Waals surface area contributed by atoms with Gasteiger partial charge in [-0.1, -0.05) is 61.0 Å². The molecule has 0 radical (unpaired) electrons. The third-order valence-electron chi connectivity index (χ3n) is 5.80. The van der Waals surface area contributed by atoms with Crippen molar-refractivity contribution in [3.05, 3.63) is 70.7 Å². The lowest BCUT2D eigenvalue weighted by Gasteiger charge is -2.26. The number of piperidine rings is 1. The molecule has 32 heavy (non-hydrogen) atoms. The van der Waals surface area contributed by atoms with Crippen LogP contribution in [0.4, 0.5) is 4.39 Å². The first-order chi connectivity index (χ1) is 15.4. The molecule has 2 aromatic carbocycles. The first-order valence-corrected chi connectivity index (χ1v) is 12.5. The Bertz CT molecular complexity index is 1100. The molecule has 0 spiro atoms. The molecule has 6 nitrogen and oxygen atoms in total. The molecule has 2 aliphatic heterocycles. The lowest BCUT2D eigenvalue weighted by atomic mass is 9.91. The second kappa shape index (κ2) is 9.68. The van der Waals surface area contributed by atoms with E-state index in [1.807, 2.05) is 61.5 Å². The van der Waals surface area contributed by atoms with Crippen molar-refractivity contribution in [2.24, 2.45) is 9.50 Å². The largest absolute Gasteiger partial charge is 0.324 e. The number of amidine groups is 1. The molecule has 1 fully saturated rings. The van der Waals surface area contributed by atoms with Gasteiger partial charge in [0.25, 0.3) is 0 Å². The van der Waals surface area contributed by atoms with Crippen LogP contribution in [0.1, 0.15) is 43.2 Å². The van der Waals surface area contributed by atoms with Crippen LogP contribution in [-0.2, 0) is 10.2 Å². The van der Waals surface area contributed by atoms with Crippen LogP contribution < -0.4 is 0 Å². The minimum Gasteiger partial charge on any atom is -0.249 e. The van der Waals surface area contributed by atoms with Gasteiger partial charge >= 0.3 is 10.2 Å². The molecule has 4 rings (SSSR count). The van der Waals surface area contributed by atoms with E-state index < -0.39 is 16.4 Å². The second-order valence-corrected chi connectivity index (χ2v) is 9.98. The number of hydrogen-bond acceptors (Lipinski definition) is 3. The van der Waals surface area contributed by atoms with Crippen LogP contribution in [0, 0.1) is 0 Å². The predicted molar refractivity (Wildman–Crippen MR) is 126 cm³/mol. The Morgan fingerprint density at radius 1 is 1.12 bits per heavy atom. The molecular formula is C23H26ClFN4O2S. The quantitative estimate of drug-likeness (QED) is 0.466. The maximum atomic E-state index is 13.5. The van der Waals surface area contributed by atoms with Crippen LogP contribution in [-0.4, -0.2) is 55.1 Å². The van der Waals surface area contributed by atoms with E-state index in [0.717, 1.165) is 16.8 Å². The number of hydrazone groups is 1. The van der Waals surface area contributed by atoms with Gasteiger partial charge in [-0.15, -0.1) is 4.40 Å². The molecule has 0 aromatic heterocycles. The van der Waals surface area contributed by atoms with E-state index in [-0.39, 0.29) is 31.8 Å². The summed E-state index contributed by atoms with van der Waals surface area (Å²) in [4.78, 5) is 0. The first kappa shape index (κ1) is 22.9. The van der Waals surface area contributed by atoms with E-state index in [1.165, 1.54) is 4.31 Å². The van der Waals surface area contributed by atoms with Gasteiger partial charge in [-0.3, -0.25) is 0 Å². The van der Waals surface area contributed by atoms with Crippen molar-refractivity contribution < 1.29 is 12.8 Å². The van der Waals surface area contributed by atoms with Crippen molar-refractivity contribution in [3.63, 3.8) is 0 Å². The minimum absolute atomic E-state index is 0.0425. The Balaban J connectivity index is 1.67. The summed E-state index contributed by atoms with van der Waals surface area (Å²) in [7, 11) is -3.90. The summed E-state index contributed by atoms with van der Waals surface area (Å²) < 4.78 is 44.6. The maximum absolute atomic E-state index is 13.5. The maximum Gasteiger partial charge on any atom is 0.324 e. The standard InChI is InChI=1S/C23H26ClFN4O2S/c1-2-22(27-32(30,31)28-14-12-20(25)13-15-28)29-16-21(17-6-4-3-5-7-17)23(26-29)18-8-10-19(24)11-9-18/h3-11,20-21H,2,12-16H2,1H3/b27-22-. The molecule has 0 bridgehead atoms. The monoisotopic (exact) mass is 476 g/mol. The van der Waals surface area contributed by atoms with Crippen molar-refractivity contribution in [2.75, 3.05) is 19.6 Å². The van der Waals surface area contributed by atoms with Gasteiger partial charge in [0.1, 0.15) is 12.0 Å². The molecule has 0 amide bonds. The van der Waals surface area contributed by atoms with Crippen LogP contribution in [0.25, 0.3) is 0 Å². The van der Waals surface area contributed by atoms with E-state index in [4.69, 9.17) is 16.7 Å². The van der Waals surface area contributed by atoms with E-state index in [9.17, 15) is 12.8 Å². The summed E-state index contributed by atoms with van der Waals surface area (Å²) in [5.74, 6) is 0.330. The lowest BCUT2D eigenvalue weighted by molar-refractivity contribution is 0.210. The van der Waals surface area contributed by atoms with E-state index >= 15 is 0 Å². The molecule has 2 aromatic rings.